The van der Waals surface area contributed by atoms with Crippen LogP contribution in [0, 0.1) is 25.7 Å². The summed E-state index contributed by atoms with van der Waals surface area (Å²) in [5.74, 6) is 0.909. The van der Waals surface area contributed by atoms with Gasteiger partial charge in [0.15, 0.2) is 0 Å². The number of urea groups is 2. The Kier molecular flexibility index (Phi) is 8.96. The van der Waals surface area contributed by atoms with Crippen molar-refractivity contribution in [1.82, 2.24) is 21.3 Å². The van der Waals surface area contributed by atoms with Gasteiger partial charge in [0.2, 0.25) is 0 Å². The summed E-state index contributed by atoms with van der Waals surface area (Å²) in [6, 6.07) is 16.0. The van der Waals surface area contributed by atoms with Crippen LogP contribution < -0.4 is 21.3 Å². The standard InChI is InChI=1S/C26H36N4O2/c1-19-6-3-8-21(12-19)15-27-25(31)29-17-23-10-5-11-24(14-23)18-30-26(32)28-16-22-9-4-7-20(2)13-22/h3-4,6-9,12-13,23-24H,5,10-11,14-18H2,1-2H3,(H2,27,29,31)(H2,28,30,32)/t23-,24-/m0/s1. The van der Waals surface area contributed by atoms with Gasteiger partial charge in [-0.1, -0.05) is 66.1 Å². The molecule has 0 heterocycles. The first kappa shape index (κ1) is 23.6. The molecule has 2 aromatic rings. The van der Waals surface area contributed by atoms with E-state index in [-0.39, 0.29) is 12.1 Å². The summed E-state index contributed by atoms with van der Waals surface area (Å²) in [6.45, 7) is 6.51. The lowest BCUT2D eigenvalue weighted by molar-refractivity contribution is 0.221. The van der Waals surface area contributed by atoms with E-state index in [1.807, 2.05) is 50.2 Å². The lowest BCUT2D eigenvalue weighted by Gasteiger charge is -2.29. The number of nitrogens with one attached hydrogen (secondary N) is 4. The molecular formula is C26H36N4O2. The molecule has 0 aliphatic heterocycles. The van der Waals surface area contributed by atoms with Crippen molar-refractivity contribution in [3.63, 3.8) is 0 Å². The van der Waals surface area contributed by atoms with Crippen LogP contribution in [0.3, 0.4) is 0 Å². The zero-order chi connectivity index (χ0) is 22.8. The number of hydrogen-bond acceptors (Lipinski definition) is 2. The minimum Gasteiger partial charge on any atom is -0.338 e. The first-order valence-electron chi connectivity index (χ1n) is 11.6. The highest BCUT2D eigenvalue weighted by Gasteiger charge is 2.22. The van der Waals surface area contributed by atoms with E-state index < -0.39 is 0 Å². The zero-order valence-electron chi connectivity index (χ0n) is 19.2. The third kappa shape index (κ3) is 8.25. The smallest absolute Gasteiger partial charge is 0.315 e. The Hall–Kier alpha value is -3.02. The van der Waals surface area contributed by atoms with Crippen LogP contribution in [0.2, 0.25) is 0 Å². The second kappa shape index (κ2) is 12.1. The van der Waals surface area contributed by atoms with E-state index in [9.17, 15) is 9.59 Å². The average Bonchev–Trinajstić information content (AvgIpc) is 2.79. The molecule has 32 heavy (non-hydrogen) atoms. The molecule has 4 N–H and O–H groups in total. The lowest BCUT2D eigenvalue weighted by atomic mass is 9.81. The topological polar surface area (TPSA) is 82.3 Å². The highest BCUT2D eigenvalue weighted by molar-refractivity contribution is 5.74. The first-order valence-corrected chi connectivity index (χ1v) is 11.6. The normalized spacial score (nSPS) is 17.9. The molecule has 1 aliphatic rings. The Morgan fingerprint density at radius 2 is 1.22 bits per heavy atom. The van der Waals surface area contributed by atoms with Gasteiger partial charge in [-0.25, -0.2) is 9.59 Å². The number of amides is 4. The first-order chi connectivity index (χ1) is 15.5. The molecule has 0 bridgehead atoms. The largest absolute Gasteiger partial charge is 0.338 e. The summed E-state index contributed by atoms with van der Waals surface area (Å²) >= 11 is 0. The average molecular weight is 437 g/mol. The van der Waals surface area contributed by atoms with E-state index in [4.69, 9.17) is 0 Å². The van der Waals surface area contributed by atoms with E-state index in [0.717, 1.165) is 36.8 Å². The number of hydrogen-bond donors (Lipinski definition) is 4. The van der Waals surface area contributed by atoms with Crippen molar-refractivity contribution in [1.29, 1.82) is 0 Å². The number of carbonyl (C=O) groups excluding carboxylic acids is 2. The molecule has 0 saturated heterocycles. The maximum Gasteiger partial charge on any atom is 0.315 e. The summed E-state index contributed by atoms with van der Waals surface area (Å²) in [6.07, 6.45) is 4.40. The quantitative estimate of drug-likeness (QED) is 0.494. The van der Waals surface area contributed by atoms with Crippen molar-refractivity contribution in [3.05, 3.63) is 70.8 Å². The number of rotatable bonds is 8. The lowest BCUT2D eigenvalue weighted by Crippen LogP contribution is -2.41. The maximum atomic E-state index is 12.2. The fraction of sp³-hybridized carbons (Fsp3) is 0.462. The van der Waals surface area contributed by atoms with Crippen molar-refractivity contribution in [2.45, 2.75) is 52.6 Å². The van der Waals surface area contributed by atoms with Crippen LogP contribution in [0.4, 0.5) is 9.59 Å². The molecule has 0 unspecified atom stereocenters. The van der Waals surface area contributed by atoms with E-state index >= 15 is 0 Å². The molecule has 172 valence electrons. The van der Waals surface area contributed by atoms with Crippen molar-refractivity contribution >= 4 is 12.1 Å². The SMILES string of the molecule is Cc1cccc(CNC(=O)NC[C@H]2CCC[C@H](CNC(=O)NCc3cccc(C)c3)C2)c1. The number of benzene rings is 2. The van der Waals surface area contributed by atoms with Gasteiger partial charge in [-0.2, -0.15) is 0 Å². The predicted molar refractivity (Wildman–Crippen MR) is 128 cm³/mol. The number of aryl methyl sites for hydroxylation is 2. The van der Waals surface area contributed by atoms with Gasteiger partial charge in [0.25, 0.3) is 0 Å². The Balaban J connectivity index is 1.31. The van der Waals surface area contributed by atoms with E-state index in [2.05, 4.69) is 33.4 Å². The van der Waals surface area contributed by atoms with Crippen LogP contribution in [-0.4, -0.2) is 25.2 Å². The Bertz CT molecular complexity index is 827. The van der Waals surface area contributed by atoms with Gasteiger partial charge in [-0.3, -0.25) is 0 Å². The van der Waals surface area contributed by atoms with Gasteiger partial charge in [0, 0.05) is 26.2 Å². The maximum absolute atomic E-state index is 12.2. The summed E-state index contributed by atoms with van der Waals surface area (Å²) in [4.78, 5) is 24.3. The van der Waals surface area contributed by atoms with Crippen LogP contribution in [0.1, 0.15) is 47.9 Å². The molecule has 0 radical (unpaired) electrons. The van der Waals surface area contributed by atoms with E-state index in [1.54, 1.807) is 0 Å². The third-order valence-corrected chi connectivity index (χ3v) is 6.07. The van der Waals surface area contributed by atoms with Crippen molar-refractivity contribution in [2.75, 3.05) is 13.1 Å². The minimum absolute atomic E-state index is 0.123. The van der Waals surface area contributed by atoms with Crippen molar-refractivity contribution in [3.8, 4) is 0 Å². The predicted octanol–water partition coefficient (Wildman–Crippen LogP) is 4.41. The fourth-order valence-corrected chi connectivity index (χ4v) is 4.38. The van der Waals surface area contributed by atoms with Gasteiger partial charge in [-0.05, 0) is 56.1 Å². The van der Waals surface area contributed by atoms with Gasteiger partial charge >= 0.3 is 12.1 Å². The zero-order valence-corrected chi connectivity index (χ0v) is 19.2. The molecule has 0 aromatic heterocycles. The van der Waals surface area contributed by atoms with Gasteiger partial charge in [0.1, 0.15) is 0 Å². The van der Waals surface area contributed by atoms with Crippen molar-refractivity contribution < 1.29 is 9.59 Å². The van der Waals surface area contributed by atoms with Crippen molar-refractivity contribution in [2.24, 2.45) is 11.8 Å². The molecule has 2 aromatic carbocycles. The monoisotopic (exact) mass is 436 g/mol. The molecule has 1 fully saturated rings. The Labute approximate surface area is 191 Å². The second-order valence-corrected chi connectivity index (χ2v) is 9.00. The molecule has 3 rings (SSSR count). The summed E-state index contributed by atoms with van der Waals surface area (Å²) in [5.41, 5.74) is 4.58. The van der Waals surface area contributed by atoms with Gasteiger partial charge in [-0.15, -0.1) is 0 Å². The molecule has 1 saturated carbocycles. The van der Waals surface area contributed by atoms with Crippen LogP contribution in [0.5, 0.6) is 0 Å². The molecule has 0 spiro atoms. The minimum atomic E-state index is -0.123. The van der Waals surface area contributed by atoms with Crippen LogP contribution >= 0.6 is 0 Å². The fourth-order valence-electron chi connectivity index (χ4n) is 4.38. The highest BCUT2D eigenvalue weighted by atomic mass is 16.2. The van der Waals surface area contributed by atoms with Crippen LogP contribution in [0.25, 0.3) is 0 Å². The van der Waals surface area contributed by atoms with Crippen LogP contribution in [0.15, 0.2) is 48.5 Å². The second-order valence-electron chi connectivity index (χ2n) is 9.00. The molecule has 4 amide bonds. The summed E-state index contributed by atoms with van der Waals surface area (Å²) in [7, 11) is 0. The summed E-state index contributed by atoms with van der Waals surface area (Å²) in [5, 5.41) is 11.9. The van der Waals surface area contributed by atoms with Gasteiger partial charge in [0.05, 0.1) is 0 Å². The van der Waals surface area contributed by atoms with E-state index in [1.165, 1.54) is 11.1 Å². The van der Waals surface area contributed by atoms with Gasteiger partial charge < -0.3 is 21.3 Å². The summed E-state index contributed by atoms with van der Waals surface area (Å²) < 4.78 is 0. The number of carbonyl (C=O) groups is 2. The highest BCUT2D eigenvalue weighted by Crippen LogP contribution is 2.28. The van der Waals surface area contributed by atoms with Crippen LogP contribution in [-0.2, 0) is 13.1 Å². The third-order valence-electron chi connectivity index (χ3n) is 6.07. The molecule has 6 heteroatoms. The molecule has 2 atom stereocenters. The Morgan fingerprint density at radius 1 is 0.750 bits per heavy atom. The molecule has 1 aliphatic carbocycles. The van der Waals surface area contributed by atoms with E-state index in [0.29, 0.717) is 38.0 Å². The Morgan fingerprint density at radius 3 is 1.66 bits per heavy atom. The molecular weight excluding hydrogens is 400 g/mol. The molecule has 6 nitrogen and oxygen atoms in total.